The van der Waals surface area contributed by atoms with E-state index in [1.54, 1.807) is 38.2 Å². The van der Waals surface area contributed by atoms with E-state index in [1.165, 1.54) is 4.90 Å². The van der Waals surface area contributed by atoms with E-state index in [9.17, 15) is 4.79 Å². The molecule has 0 atom stereocenters. The molecule has 0 bridgehead atoms. The molecule has 7 heteroatoms. The summed E-state index contributed by atoms with van der Waals surface area (Å²) in [6.07, 6.45) is 0. The number of urea groups is 1. The molecule has 0 radical (unpaired) electrons. The number of carbonyl (C=O) groups is 1. The first kappa shape index (κ1) is 15.2. The van der Waals surface area contributed by atoms with Gasteiger partial charge in [0, 0.05) is 18.1 Å². The van der Waals surface area contributed by atoms with Gasteiger partial charge in [0.05, 0.1) is 6.54 Å². The highest BCUT2D eigenvalue weighted by molar-refractivity contribution is 6.30. The molecule has 0 aliphatic heterocycles. The zero-order valence-electron chi connectivity index (χ0n) is 11.8. The van der Waals surface area contributed by atoms with Crippen LogP contribution in [-0.2, 0) is 0 Å². The first-order valence-electron chi connectivity index (χ1n) is 6.38. The van der Waals surface area contributed by atoms with Crippen molar-refractivity contribution in [1.82, 2.24) is 10.1 Å². The number of amides is 2. The van der Waals surface area contributed by atoms with Crippen LogP contribution in [0.2, 0.25) is 5.02 Å². The second-order valence-corrected chi connectivity index (χ2v) is 4.92. The minimum atomic E-state index is -0.280. The van der Waals surface area contributed by atoms with E-state index in [4.69, 9.17) is 20.9 Å². The van der Waals surface area contributed by atoms with Crippen molar-refractivity contribution >= 4 is 23.4 Å². The Morgan fingerprint density at radius 3 is 2.95 bits per heavy atom. The molecule has 2 aromatic rings. The summed E-state index contributed by atoms with van der Waals surface area (Å²) in [5.41, 5.74) is 0. The van der Waals surface area contributed by atoms with Crippen LogP contribution in [0.1, 0.15) is 5.76 Å². The summed E-state index contributed by atoms with van der Waals surface area (Å²) in [7, 11) is 1.67. The summed E-state index contributed by atoms with van der Waals surface area (Å²) in [6.45, 7) is 2.54. The van der Waals surface area contributed by atoms with Crippen LogP contribution in [0.4, 0.5) is 10.6 Å². The van der Waals surface area contributed by atoms with Crippen molar-refractivity contribution in [3.8, 4) is 5.75 Å². The number of likely N-dealkylation sites (N-methyl/N-ethyl adjacent to an activating group) is 1. The van der Waals surface area contributed by atoms with Gasteiger partial charge in [0.2, 0.25) is 0 Å². The van der Waals surface area contributed by atoms with Crippen LogP contribution in [0.15, 0.2) is 34.9 Å². The predicted molar refractivity (Wildman–Crippen MR) is 79.8 cm³/mol. The first-order chi connectivity index (χ1) is 10.0. The van der Waals surface area contributed by atoms with Crippen LogP contribution in [0.25, 0.3) is 0 Å². The van der Waals surface area contributed by atoms with E-state index in [1.807, 2.05) is 6.07 Å². The van der Waals surface area contributed by atoms with Crippen molar-refractivity contribution < 1.29 is 14.1 Å². The number of nitrogens with zero attached hydrogens (tertiary/aromatic N) is 2. The van der Waals surface area contributed by atoms with Gasteiger partial charge in [-0.05, 0) is 25.1 Å². The summed E-state index contributed by atoms with van der Waals surface area (Å²) in [6, 6.07) is 8.48. The maximum atomic E-state index is 11.9. The van der Waals surface area contributed by atoms with Crippen molar-refractivity contribution in [2.24, 2.45) is 0 Å². The number of nitrogens with one attached hydrogen (secondary N) is 1. The van der Waals surface area contributed by atoms with Gasteiger partial charge >= 0.3 is 6.03 Å². The van der Waals surface area contributed by atoms with Gasteiger partial charge in [-0.15, -0.1) is 0 Å². The Morgan fingerprint density at radius 2 is 2.29 bits per heavy atom. The molecular formula is C14H16ClN3O3. The monoisotopic (exact) mass is 309 g/mol. The number of benzene rings is 1. The van der Waals surface area contributed by atoms with Crippen molar-refractivity contribution in [2.45, 2.75) is 6.92 Å². The maximum Gasteiger partial charge on any atom is 0.322 e. The SMILES string of the molecule is Cc1cc(NC(=O)N(C)CCOc2cccc(Cl)c2)no1. The molecular weight excluding hydrogens is 294 g/mol. The summed E-state index contributed by atoms with van der Waals surface area (Å²) in [4.78, 5) is 13.4. The molecule has 1 aromatic carbocycles. The zero-order chi connectivity index (χ0) is 15.2. The highest BCUT2D eigenvalue weighted by Gasteiger charge is 2.11. The molecule has 2 amide bonds. The minimum absolute atomic E-state index is 0.280. The molecule has 0 spiro atoms. The molecule has 1 heterocycles. The van der Waals surface area contributed by atoms with Gasteiger partial charge in [0.1, 0.15) is 18.1 Å². The van der Waals surface area contributed by atoms with Gasteiger partial charge in [0.15, 0.2) is 5.82 Å². The lowest BCUT2D eigenvalue weighted by molar-refractivity contribution is 0.207. The van der Waals surface area contributed by atoms with Crippen LogP contribution in [-0.4, -0.2) is 36.3 Å². The van der Waals surface area contributed by atoms with E-state index in [0.717, 1.165) is 0 Å². The summed E-state index contributed by atoms with van der Waals surface area (Å²) < 4.78 is 10.4. The molecule has 0 fully saturated rings. The number of hydrogen-bond acceptors (Lipinski definition) is 4. The highest BCUT2D eigenvalue weighted by atomic mass is 35.5. The molecule has 21 heavy (non-hydrogen) atoms. The molecule has 6 nitrogen and oxygen atoms in total. The Kier molecular flexibility index (Phi) is 5.05. The average Bonchev–Trinajstić information content (AvgIpc) is 2.84. The Hall–Kier alpha value is -2.21. The third-order valence-corrected chi connectivity index (χ3v) is 2.94. The maximum absolute atomic E-state index is 11.9. The van der Waals surface area contributed by atoms with Crippen molar-refractivity contribution in [3.63, 3.8) is 0 Å². The highest BCUT2D eigenvalue weighted by Crippen LogP contribution is 2.16. The minimum Gasteiger partial charge on any atom is -0.492 e. The molecule has 1 N–H and O–H groups in total. The van der Waals surface area contributed by atoms with Crippen molar-refractivity contribution in [2.75, 3.05) is 25.5 Å². The Labute approximate surface area is 127 Å². The van der Waals surface area contributed by atoms with Crippen LogP contribution in [0.3, 0.4) is 0 Å². The largest absolute Gasteiger partial charge is 0.492 e. The lowest BCUT2D eigenvalue weighted by Gasteiger charge is -2.17. The van der Waals surface area contributed by atoms with Crippen LogP contribution in [0, 0.1) is 6.92 Å². The summed E-state index contributed by atoms with van der Waals surface area (Å²) in [5.74, 6) is 1.70. The second-order valence-electron chi connectivity index (χ2n) is 4.48. The van der Waals surface area contributed by atoms with E-state index in [2.05, 4.69) is 10.5 Å². The van der Waals surface area contributed by atoms with Gasteiger partial charge in [-0.2, -0.15) is 0 Å². The normalized spacial score (nSPS) is 10.2. The Balaban J connectivity index is 1.76. The molecule has 0 saturated heterocycles. The third-order valence-electron chi connectivity index (χ3n) is 2.70. The standard InChI is InChI=1S/C14H16ClN3O3/c1-10-8-13(17-21-10)16-14(19)18(2)6-7-20-12-5-3-4-11(15)9-12/h3-5,8-9H,6-7H2,1-2H3,(H,16,17,19). The van der Waals surface area contributed by atoms with Crippen LogP contribution < -0.4 is 10.1 Å². The van der Waals surface area contributed by atoms with Crippen LogP contribution in [0.5, 0.6) is 5.75 Å². The number of carbonyl (C=O) groups excluding carboxylic acids is 1. The molecule has 2 rings (SSSR count). The van der Waals surface area contributed by atoms with E-state index >= 15 is 0 Å². The zero-order valence-corrected chi connectivity index (χ0v) is 12.6. The molecule has 0 unspecified atom stereocenters. The lowest BCUT2D eigenvalue weighted by atomic mass is 10.3. The molecule has 0 aliphatic rings. The summed E-state index contributed by atoms with van der Waals surface area (Å²) in [5, 5.41) is 6.93. The Morgan fingerprint density at radius 1 is 1.48 bits per heavy atom. The van der Waals surface area contributed by atoms with Crippen LogP contribution >= 0.6 is 11.6 Å². The molecule has 0 saturated carbocycles. The lowest BCUT2D eigenvalue weighted by Crippen LogP contribution is -2.34. The quantitative estimate of drug-likeness (QED) is 0.921. The fraction of sp³-hybridized carbons (Fsp3) is 0.286. The van der Waals surface area contributed by atoms with E-state index in [-0.39, 0.29) is 6.03 Å². The van der Waals surface area contributed by atoms with E-state index in [0.29, 0.717) is 35.5 Å². The fourth-order valence-electron chi connectivity index (χ4n) is 1.59. The number of rotatable bonds is 5. The molecule has 1 aromatic heterocycles. The fourth-order valence-corrected chi connectivity index (χ4v) is 1.77. The van der Waals surface area contributed by atoms with Crippen molar-refractivity contribution in [3.05, 3.63) is 41.1 Å². The number of hydrogen-bond donors (Lipinski definition) is 1. The molecule has 112 valence electrons. The Bertz CT molecular complexity index is 615. The topological polar surface area (TPSA) is 67.6 Å². The predicted octanol–water partition coefficient (Wildman–Crippen LogP) is 3.18. The van der Waals surface area contributed by atoms with Crippen molar-refractivity contribution in [1.29, 1.82) is 0 Å². The molecule has 0 aliphatic carbocycles. The third kappa shape index (κ3) is 4.68. The second kappa shape index (κ2) is 6.99. The average molecular weight is 310 g/mol. The van der Waals surface area contributed by atoms with Gasteiger partial charge in [-0.3, -0.25) is 5.32 Å². The number of aromatic nitrogens is 1. The summed E-state index contributed by atoms with van der Waals surface area (Å²) >= 11 is 5.86. The number of halogens is 1. The first-order valence-corrected chi connectivity index (χ1v) is 6.76. The number of ether oxygens (including phenoxy) is 1. The number of anilines is 1. The van der Waals surface area contributed by atoms with E-state index < -0.39 is 0 Å². The van der Waals surface area contributed by atoms with Gasteiger partial charge < -0.3 is 14.2 Å². The number of aryl methyl sites for hydroxylation is 1. The van der Waals surface area contributed by atoms with Gasteiger partial charge in [0.25, 0.3) is 0 Å². The van der Waals surface area contributed by atoms with Gasteiger partial charge in [-0.1, -0.05) is 22.8 Å². The van der Waals surface area contributed by atoms with Gasteiger partial charge in [-0.25, -0.2) is 4.79 Å². The smallest absolute Gasteiger partial charge is 0.322 e.